The number of nitrogens with zero attached hydrogens (tertiary/aromatic N) is 1. The van der Waals surface area contributed by atoms with Gasteiger partial charge in [-0.2, -0.15) is 0 Å². The topological polar surface area (TPSA) is 71.1 Å². The molecule has 0 aliphatic heterocycles. The van der Waals surface area contributed by atoms with Gasteiger partial charge in [0.15, 0.2) is 0 Å². The van der Waals surface area contributed by atoms with Crippen LogP contribution in [0.3, 0.4) is 0 Å². The van der Waals surface area contributed by atoms with E-state index in [-0.39, 0.29) is 10.9 Å². The van der Waals surface area contributed by atoms with E-state index in [9.17, 15) is 8.42 Å². The van der Waals surface area contributed by atoms with E-state index >= 15 is 0 Å². The van der Waals surface area contributed by atoms with Crippen LogP contribution in [0.15, 0.2) is 21.6 Å². The summed E-state index contributed by atoms with van der Waals surface area (Å²) in [6, 6.07) is 1.52. The molecule has 2 N–H and O–H groups in total. The van der Waals surface area contributed by atoms with E-state index < -0.39 is 10.0 Å². The Morgan fingerprint density at radius 1 is 1.30 bits per heavy atom. The summed E-state index contributed by atoms with van der Waals surface area (Å²) in [7, 11) is -3.57. The van der Waals surface area contributed by atoms with Crippen LogP contribution in [-0.4, -0.2) is 26.0 Å². The Kier molecular flexibility index (Phi) is 6.91. The SMILES string of the molecule is CCCNc1ncc(Br)cc1S(=O)(=O)NC(CC)CC. The summed E-state index contributed by atoms with van der Waals surface area (Å²) in [5, 5.41) is 3.05. The molecule has 5 nitrogen and oxygen atoms in total. The molecule has 20 heavy (non-hydrogen) atoms. The minimum absolute atomic E-state index is 0.0574. The van der Waals surface area contributed by atoms with Crippen LogP contribution in [0, 0.1) is 0 Å². The van der Waals surface area contributed by atoms with Gasteiger partial charge in [-0.15, -0.1) is 0 Å². The van der Waals surface area contributed by atoms with Gasteiger partial charge in [-0.25, -0.2) is 18.1 Å². The van der Waals surface area contributed by atoms with Crippen LogP contribution in [0.25, 0.3) is 0 Å². The highest BCUT2D eigenvalue weighted by atomic mass is 79.9. The van der Waals surface area contributed by atoms with Gasteiger partial charge in [0.25, 0.3) is 0 Å². The highest BCUT2D eigenvalue weighted by Gasteiger charge is 2.22. The fourth-order valence-corrected chi connectivity index (χ4v) is 3.78. The molecule has 114 valence electrons. The molecular weight excluding hydrogens is 342 g/mol. The first-order valence-corrected chi connectivity index (χ1v) is 9.13. The Labute approximate surface area is 129 Å². The van der Waals surface area contributed by atoms with Crippen molar-refractivity contribution in [3.05, 3.63) is 16.7 Å². The van der Waals surface area contributed by atoms with Crippen molar-refractivity contribution >= 4 is 31.8 Å². The van der Waals surface area contributed by atoms with Crippen molar-refractivity contribution in [1.82, 2.24) is 9.71 Å². The van der Waals surface area contributed by atoms with Gasteiger partial charge in [0, 0.05) is 23.3 Å². The molecule has 0 aliphatic carbocycles. The van der Waals surface area contributed by atoms with Crippen molar-refractivity contribution < 1.29 is 8.42 Å². The minimum atomic E-state index is -3.57. The number of halogens is 1. The molecule has 1 rings (SSSR count). The molecule has 0 saturated heterocycles. The standard InChI is InChI=1S/C13H22BrN3O2S/c1-4-7-15-13-12(8-10(14)9-16-13)20(18,19)17-11(5-2)6-3/h8-9,11,17H,4-7H2,1-3H3,(H,15,16). The summed E-state index contributed by atoms with van der Waals surface area (Å²) in [4.78, 5) is 4.35. The van der Waals surface area contributed by atoms with Gasteiger partial charge in [0.1, 0.15) is 10.7 Å². The number of anilines is 1. The first kappa shape index (κ1) is 17.4. The first-order valence-electron chi connectivity index (χ1n) is 6.86. The van der Waals surface area contributed by atoms with Crippen molar-refractivity contribution in [3.8, 4) is 0 Å². The molecule has 0 radical (unpaired) electrons. The molecule has 1 heterocycles. The van der Waals surface area contributed by atoms with Crippen LogP contribution in [0.1, 0.15) is 40.0 Å². The summed E-state index contributed by atoms with van der Waals surface area (Å²) < 4.78 is 28.3. The van der Waals surface area contributed by atoms with E-state index in [4.69, 9.17) is 0 Å². The quantitative estimate of drug-likeness (QED) is 0.744. The fourth-order valence-electron chi connectivity index (χ4n) is 1.74. The zero-order chi connectivity index (χ0) is 15.2. The Morgan fingerprint density at radius 2 is 1.95 bits per heavy atom. The number of rotatable bonds is 8. The largest absolute Gasteiger partial charge is 0.369 e. The molecule has 0 fully saturated rings. The molecule has 0 saturated carbocycles. The number of hydrogen-bond acceptors (Lipinski definition) is 4. The second kappa shape index (κ2) is 7.95. The Balaban J connectivity index is 3.11. The number of sulfonamides is 1. The zero-order valence-electron chi connectivity index (χ0n) is 12.1. The average molecular weight is 364 g/mol. The molecular formula is C13H22BrN3O2S. The Bertz CT molecular complexity index is 530. The minimum Gasteiger partial charge on any atom is -0.369 e. The van der Waals surface area contributed by atoms with Crippen LogP contribution < -0.4 is 10.0 Å². The molecule has 1 aromatic heterocycles. The number of nitrogens with one attached hydrogen (secondary N) is 2. The monoisotopic (exact) mass is 363 g/mol. The van der Waals surface area contributed by atoms with Crippen molar-refractivity contribution in [2.75, 3.05) is 11.9 Å². The van der Waals surface area contributed by atoms with Crippen LogP contribution in [0.4, 0.5) is 5.82 Å². The van der Waals surface area contributed by atoms with E-state index in [1.54, 1.807) is 12.3 Å². The van der Waals surface area contributed by atoms with Crippen molar-refractivity contribution in [3.63, 3.8) is 0 Å². The maximum absolute atomic E-state index is 12.5. The molecule has 7 heteroatoms. The van der Waals surface area contributed by atoms with Crippen LogP contribution in [-0.2, 0) is 10.0 Å². The smallest absolute Gasteiger partial charge is 0.244 e. The van der Waals surface area contributed by atoms with Gasteiger partial charge >= 0.3 is 0 Å². The van der Waals surface area contributed by atoms with Gasteiger partial charge in [0.2, 0.25) is 10.0 Å². The second-order valence-corrected chi connectivity index (χ2v) is 7.16. The maximum Gasteiger partial charge on any atom is 0.244 e. The molecule has 1 aromatic rings. The Morgan fingerprint density at radius 3 is 2.50 bits per heavy atom. The number of pyridine rings is 1. The summed E-state index contributed by atoms with van der Waals surface area (Å²) >= 11 is 3.27. The lowest BCUT2D eigenvalue weighted by molar-refractivity contribution is 0.530. The predicted molar refractivity (Wildman–Crippen MR) is 85.4 cm³/mol. The van der Waals surface area contributed by atoms with E-state index in [1.807, 2.05) is 20.8 Å². The van der Waals surface area contributed by atoms with Crippen molar-refractivity contribution in [2.45, 2.75) is 51.0 Å². The zero-order valence-corrected chi connectivity index (χ0v) is 14.5. The maximum atomic E-state index is 12.5. The van der Waals surface area contributed by atoms with Gasteiger partial charge in [0.05, 0.1) is 0 Å². The summed E-state index contributed by atoms with van der Waals surface area (Å²) in [6.45, 7) is 6.63. The van der Waals surface area contributed by atoms with Gasteiger partial charge in [-0.1, -0.05) is 20.8 Å². The van der Waals surface area contributed by atoms with Gasteiger partial charge in [-0.3, -0.25) is 0 Å². The van der Waals surface area contributed by atoms with E-state index in [0.717, 1.165) is 19.3 Å². The van der Waals surface area contributed by atoms with Crippen molar-refractivity contribution in [2.24, 2.45) is 0 Å². The van der Waals surface area contributed by atoms with E-state index in [0.29, 0.717) is 16.8 Å². The lowest BCUT2D eigenvalue weighted by Gasteiger charge is -2.17. The van der Waals surface area contributed by atoms with Gasteiger partial charge in [-0.05, 0) is 41.3 Å². The molecule has 0 atom stereocenters. The third-order valence-corrected chi connectivity index (χ3v) is 4.93. The third kappa shape index (κ3) is 4.71. The number of hydrogen-bond donors (Lipinski definition) is 2. The first-order chi connectivity index (χ1) is 9.44. The molecule has 0 spiro atoms. The average Bonchev–Trinajstić information content (AvgIpc) is 2.43. The molecule has 0 aliphatic rings. The highest BCUT2D eigenvalue weighted by Crippen LogP contribution is 2.23. The van der Waals surface area contributed by atoms with E-state index in [2.05, 4.69) is 31.0 Å². The van der Waals surface area contributed by atoms with Crippen molar-refractivity contribution in [1.29, 1.82) is 0 Å². The normalized spacial score (nSPS) is 11.8. The molecule has 0 aromatic carbocycles. The highest BCUT2D eigenvalue weighted by molar-refractivity contribution is 9.10. The van der Waals surface area contributed by atoms with E-state index in [1.165, 1.54) is 0 Å². The lowest BCUT2D eigenvalue weighted by Crippen LogP contribution is -2.34. The molecule has 0 unspecified atom stereocenters. The predicted octanol–water partition coefficient (Wildman–Crippen LogP) is 3.13. The summed E-state index contributed by atoms with van der Waals surface area (Å²) in [5.74, 6) is 0.397. The Hall–Kier alpha value is -0.660. The van der Waals surface area contributed by atoms with Crippen LogP contribution >= 0.6 is 15.9 Å². The van der Waals surface area contributed by atoms with Gasteiger partial charge < -0.3 is 5.32 Å². The van der Waals surface area contributed by atoms with Crippen LogP contribution in [0.5, 0.6) is 0 Å². The fraction of sp³-hybridized carbons (Fsp3) is 0.615. The summed E-state index contributed by atoms with van der Waals surface area (Å²) in [5.41, 5.74) is 0. The lowest BCUT2D eigenvalue weighted by atomic mass is 10.2. The van der Waals surface area contributed by atoms with Crippen LogP contribution in [0.2, 0.25) is 0 Å². The second-order valence-electron chi connectivity index (χ2n) is 4.56. The number of aromatic nitrogens is 1. The molecule has 0 bridgehead atoms. The molecule has 0 amide bonds. The summed E-state index contributed by atoms with van der Waals surface area (Å²) in [6.07, 6.45) is 4.01. The third-order valence-electron chi connectivity index (χ3n) is 2.96.